The molecule has 0 saturated carbocycles. The van der Waals surface area contributed by atoms with Crippen LogP contribution in [0.1, 0.15) is 32.3 Å². The van der Waals surface area contributed by atoms with E-state index >= 15 is 0 Å². The Morgan fingerprint density at radius 1 is 1.14 bits per heavy atom. The van der Waals surface area contributed by atoms with Crippen LogP contribution in [0.5, 0.6) is 5.75 Å². The van der Waals surface area contributed by atoms with Crippen molar-refractivity contribution in [3.63, 3.8) is 0 Å². The lowest BCUT2D eigenvalue weighted by molar-refractivity contribution is 0.214. The minimum atomic E-state index is 0. The monoisotopic (exact) mass is 348 g/mol. The molecule has 1 heterocycles. The van der Waals surface area contributed by atoms with Crippen molar-refractivity contribution in [3.05, 3.63) is 29.8 Å². The van der Waals surface area contributed by atoms with E-state index < -0.39 is 0 Å². The van der Waals surface area contributed by atoms with E-state index in [0.717, 1.165) is 45.1 Å². The second kappa shape index (κ2) is 12.0. The molecule has 0 aromatic heterocycles. The first-order valence-electron chi connectivity index (χ1n) is 7.96. The molecule has 1 saturated heterocycles. The van der Waals surface area contributed by atoms with Crippen molar-refractivity contribution in [1.82, 2.24) is 10.2 Å². The number of hydrogen-bond donors (Lipinski definition) is 1. The van der Waals surface area contributed by atoms with Crippen molar-refractivity contribution < 1.29 is 4.74 Å². The van der Waals surface area contributed by atoms with Gasteiger partial charge in [-0.15, -0.1) is 24.8 Å². The number of benzene rings is 1. The summed E-state index contributed by atoms with van der Waals surface area (Å²) in [5.41, 5.74) is 1.34. The third-order valence-electron chi connectivity index (χ3n) is 4.14. The van der Waals surface area contributed by atoms with Crippen LogP contribution < -0.4 is 10.1 Å². The number of rotatable bonds is 7. The Bertz CT molecular complexity index is 394. The first-order chi connectivity index (χ1) is 9.81. The second-order valence-electron chi connectivity index (χ2n) is 5.61. The van der Waals surface area contributed by atoms with Crippen LogP contribution in [-0.4, -0.2) is 37.7 Å². The van der Waals surface area contributed by atoms with Gasteiger partial charge in [-0.1, -0.05) is 26.0 Å². The van der Waals surface area contributed by atoms with Gasteiger partial charge in [0.2, 0.25) is 0 Å². The molecule has 1 aromatic carbocycles. The van der Waals surface area contributed by atoms with Crippen LogP contribution in [0.25, 0.3) is 0 Å². The molecule has 3 nitrogen and oxygen atoms in total. The highest BCUT2D eigenvalue weighted by atomic mass is 35.5. The van der Waals surface area contributed by atoms with Gasteiger partial charge in [0.05, 0.1) is 6.61 Å². The summed E-state index contributed by atoms with van der Waals surface area (Å²) in [4.78, 5) is 2.42. The van der Waals surface area contributed by atoms with Crippen LogP contribution >= 0.6 is 24.8 Å². The maximum absolute atomic E-state index is 5.99. The molecule has 0 unspecified atom stereocenters. The molecule has 0 radical (unpaired) electrons. The molecular formula is C17H30Cl2N2O. The molecule has 128 valence electrons. The van der Waals surface area contributed by atoms with Gasteiger partial charge in [-0.25, -0.2) is 0 Å². The quantitative estimate of drug-likeness (QED) is 0.811. The second-order valence-corrected chi connectivity index (χ2v) is 5.61. The third kappa shape index (κ3) is 7.19. The van der Waals surface area contributed by atoms with E-state index in [0.29, 0.717) is 5.92 Å². The Hall–Kier alpha value is -0.480. The Kier molecular flexibility index (Phi) is 11.7. The maximum Gasteiger partial charge on any atom is 0.119 e. The highest BCUT2D eigenvalue weighted by Gasteiger charge is 2.13. The molecule has 1 aliphatic rings. The summed E-state index contributed by atoms with van der Waals surface area (Å²) < 4.78 is 5.99. The number of hydrogen-bond acceptors (Lipinski definition) is 3. The predicted octanol–water partition coefficient (Wildman–Crippen LogP) is 3.75. The fourth-order valence-corrected chi connectivity index (χ4v) is 2.70. The van der Waals surface area contributed by atoms with Gasteiger partial charge in [0.1, 0.15) is 5.75 Å². The van der Waals surface area contributed by atoms with Crippen LogP contribution in [0.15, 0.2) is 24.3 Å². The van der Waals surface area contributed by atoms with Crippen LogP contribution in [-0.2, 0) is 6.54 Å². The molecule has 5 heteroatoms. The Balaban J connectivity index is 0.00000220. The first kappa shape index (κ1) is 21.5. The van der Waals surface area contributed by atoms with Gasteiger partial charge in [0.25, 0.3) is 0 Å². The van der Waals surface area contributed by atoms with Crippen molar-refractivity contribution in [2.24, 2.45) is 5.92 Å². The number of piperidine rings is 1. The van der Waals surface area contributed by atoms with Gasteiger partial charge in [0, 0.05) is 6.54 Å². The first-order valence-corrected chi connectivity index (χ1v) is 7.96. The van der Waals surface area contributed by atoms with E-state index in [9.17, 15) is 0 Å². The van der Waals surface area contributed by atoms with Gasteiger partial charge in [0.15, 0.2) is 0 Å². The van der Waals surface area contributed by atoms with E-state index in [1.54, 1.807) is 0 Å². The summed E-state index contributed by atoms with van der Waals surface area (Å²) in [7, 11) is 0. The third-order valence-corrected chi connectivity index (χ3v) is 4.14. The minimum absolute atomic E-state index is 0. The Labute approximate surface area is 147 Å². The molecule has 1 fully saturated rings. The summed E-state index contributed by atoms with van der Waals surface area (Å²) in [6, 6.07) is 8.57. The Morgan fingerprint density at radius 2 is 1.82 bits per heavy atom. The molecule has 2 rings (SSSR count). The Morgan fingerprint density at radius 3 is 2.45 bits per heavy atom. The average molecular weight is 349 g/mol. The summed E-state index contributed by atoms with van der Waals surface area (Å²) in [5, 5.41) is 3.40. The van der Waals surface area contributed by atoms with E-state index in [1.807, 2.05) is 0 Å². The van der Waals surface area contributed by atoms with Crippen LogP contribution in [0, 0.1) is 5.92 Å². The SMILES string of the molecule is CCN(CC)Cc1cccc(OCC2CCNCC2)c1.Cl.Cl. The zero-order valence-electron chi connectivity index (χ0n) is 13.7. The number of nitrogens with zero attached hydrogens (tertiary/aromatic N) is 1. The topological polar surface area (TPSA) is 24.5 Å². The van der Waals surface area contributed by atoms with Gasteiger partial charge in [-0.2, -0.15) is 0 Å². The van der Waals surface area contributed by atoms with Crippen molar-refractivity contribution >= 4 is 24.8 Å². The highest BCUT2D eigenvalue weighted by Crippen LogP contribution is 2.18. The zero-order chi connectivity index (χ0) is 14.2. The molecule has 0 bridgehead atoms. The van der Waals surface area contributed by atoms with Crippen molar-refractivity contribution in [2.45, 2.75) is 33.2 Å². The lowest BCUT2D eigenvalue weighted by Gasteiger charge is -2.23. The standard InChI is InChI=1S/C17H28N2O.2ClH/c1-3-19(4-2)13-16-6-5-7-17(12-16)20-14-15-8-10-18-11-9-15;;/h5-7,12,15,18H,3-4,8-11,13-14H2,1-2H3;2*1H. The fourth-order valence-electron chi connectivity index (χ4n) is 2.70. The molecule has 1 aliphatic heterocycles. The largest absolute Gasteiger partial charge is 0.493 e. The lowest BCUT2D eigenvalue weighted by Crippen LogP contribution is -2.30. The number of nitrogens with one attached hydrogen (secondary N) is 1. The molecule has 0 spiro atoms. The van der Waals surface area contributed by atoms with Crippen LogP contribution in [0.3, 0.4) is 0 Å². The van der Waals surface area contributed by atoms with E-state index in [2.05, 4.69) is 48.3 Å². The fraction of sp³-hybridized carbons (Fsp3) is 0.647. The predicted molar refractivity (Wildman–Crippen MR) is 98.7 cm³/mol. The summed E-state index contributed by atoms with van der Waals surface area (Å²) in [6.07, 6.45) is 2.47. The molecule has 22 heavy (non-hydrogen) atoms. The highest BCUT2D eigenvalue weighted by molar-refractivity contribution is 5.85. The molecule has 1 N–H and O–H groups in total. The molecule has 0 aliphatic carbocycles. The molecule has 1 aromatic rings. The summed E-state index contributed by atoms with van der Waals surface area (Å²) in [5.74, 6) is 1.73. The van der Waals surface area contributed by atoms with Crippen molar-refractivity contribution in [1.29, 1.82) is 0 Å². The van der Waals surface area contributed by atoms with Gasteiger partial charge in [-0.05, 0) is 62.6 Å². The molecule has 0 amide bonds. The van der Waals surface area contributed by atoms with Gasteiger partial charge >= 0.3 is 0 Å². The van der Waals surface area contributed by atoms with Crippen molar-refractivity contribution in [2.75, 3.05) is 32.8 Å². The van der Waals surface area contributed by atoms with Crippen LogP contribution in [0.2, 0.25) is 0 Å². The minimum Gasteiger partial charge on any atom is -0.493 e. The van der Waals surface area contributed by atoms with Gasteiger partial charge in [-0.3, -0.25) is 4.90 Å². The molecular weight excluding hydrogens is 319 g/mol. The summed E-state index contributed by atoms with van der Waals surface area (Å²) in [6.45, 7) is 10.7. The smallest absolute Gasteiger partial charge is 0.119 e. The normalized spacial score (nSPS) is 15.0. The van der Waals surface area contributed by atoms with E-state index in [-0.39, 0.29) is 24.8 Å². The molecule has 0 atom stereocenters. The van der Waals surface area contributed by atoms with Gasteiger partial charge < -0.3 is 10.1 Å². The maximum atomic E-state index is 5.99. The summed E-state index contributed by atoms with van der Waals surface area (Å²) >= 11 is 0. The van der Waals surface area contributed by atoms with Crippen LogP contribution in [0.4, 0.5) is 0 Å². The lowest BCUT2D eigenvalue weighted by atomic mass is 9.99. The van der Waals surface area contributed by atoms with Crippen molar-refractivity contribution in [3.8, 4) is 5.75 Å². The zero-order valence-corrected chi connectivity index (χ0v) is 15.3. The van der Waals surface area contributed by atoms with E-state index in [1.165, 1.54) is 18.4 Å². The van der Waals surface area contributed by atoms with E-state index in [4.69, 9.17) is 4.74 Å². The number of halogens is 2. The average Bonchev–Trinajstić information content (AvgIpc) is 2.52. The number of ether oxygens (including phenoxy) is 1.